The van der Waals surface area contributed by atoms with Crippen molar-refractivity contribution in [2.24, 2.45) is 46.3 Å². The van der Waals surface area contributed by atoms with Crippen LogP contribution in [0.2, 0.25) is 0 Å². The molecule has 0 radical (unpaired) electrons. The first-order valence-electron chi connectivity index (χ1n) is 42.8. The van der Waals surface area contributed by atoms with Crippen LogP contribution < -0.4 is 9.47 Å². The van der Waals surface area contributed by atoms with E-state index in [0.717, 1.165) is 121 Å². The molecule has 0 amide bonds. The van der Waals surface area contributed by atoms with Gasteiger partial charge in [-0.15, -0.1) is 0 Å². The lowest BCUT2D eigenvalue weighted by Gasteiger charge is -2.63. The van der Waals surface area contributed by atoms with Gasteiger partial charge in [0.05, 0.1) is 43.5 Å². The first-order chi connectivity index (χ1) is 57.5. The minimum atomic E-state index is -0.818. The Hall–Kier alpha value is -11.3. The van der Waals surface area contributed by atoms with Crippen LogP contribution in [0.5, 0.6) is 11.5 Å². The van der Waals surface area contributed by atoms with E-state index < -0.39 is 84.2 Å². The van der Waals surface area contributed by atoms with E-state index in [1.54, 1.807) is 0 Å². The van der Waals surface area contributed by atoms with E-state index in [1.165, 1.54) is 18.2 Å². The Balaban J connectivity index is 0.620. The molecule has 4 aliphatic carbocycles. The highest BCUT2D eigenvalue weighted by Gasteiger charge is 2.66. The maximum absolute atomic E-state index is 15.0. The third-order valence-electron chi connectivity index (χ3n) is 27.5. The first-order valence-corrected chi connectivity index (χ1v) is 42.8. The summed E-state index contributed by atoms with van der Waals surface area (Å²) in [6.07, 6.45) is 2.16. The number of rotatable bonds is 24. The molecular weight excluding hydrogens is 1490 g/mol. The molecule has 0 aromatic heterocycles. The summed E-state index contributed by atoms with van der Waals surface area (Å²) < 4.78 is 37.5. The van der Waals surface area contributed by atoms with Crippen LogP contribution in [0.3, 0.4) is 0 Å². The molecule has 14 heteroatoms. The number of ether oxygens (including phenoxy) is 6. The molecule has 17 rings (SSSR count). The van der Waals surface area contributed by atoms with E-state index in [1.807, 2.05) is 118 Å². The Morgan fingerprint density at radius 2 is 0.782 bits per heavy atom. The van der Waals surface area contributed by atoms with Crippen LogP contribution >= 0.6 is 0 Å². The summed E-state index contributed by atoms with van der Waals surface area (Å²) in [4.78, 5) is 86.0. The van der Waals surface area contributed by atoms with Gasteiger partial charge in [-0.05, 0) is 263 Å². The van der Waals surface area contributed by atoms with E-state index in [0.29, 0.717) is 70.6 Å². The molecule has 0 spiro atoms. The monoisotopic (exact) mass is 1590 g/mol. The Morgan fingerprint density at radius 3 is 1.15 bits per heavy atom. The topological polar surface area (TPSA) is 198 Å². The normalized spacial score (nSPS) is 21.9. The predicted molar refractivity (Wildman–Crippen MR) is 468 cm³/mol. The van der Waals surface area contributed by atoms with Gasteiger partial charge in [0, 0.05) is 38.2 Å². The van der Waals surface area contributed by atoms with Gasteiger partial charge >= 0.3 is 35.8 Å². The summed E-state index contributed by atoms with van der Waals surface area (Å²) in [6, 6.07) is 78.6. The summed E-state index contributed by atoms with van der Waals surface area (Å²) in [6.45, 7) is 12.3. The molecule has 4 saturated carbocycles. The van der Waals surface area contributed by atoms with Crippen LogP contribution in [0, 0.1) is 46.3 Å². The molecule has 11 atom stereocenters. The molecule has 0 bridgehead atoms. The Morgan fingerprint density at radius 1 is 0.420 bits per heavy atom. The Bertz CT molecular complexity index is 5340. The van der Waals surface area contributed by atoms with Crippen LogP contribution in [0.15, 0.2) is 237 Å². The van der Waals surface area contributed by atoms with Crippen LogP contribution in [-0.2, 0) is 68.6 Å². The molecule has 14 nitrogen and oxygen atoms in total. The number of aliphatic hydroxyl groups is 2. The number of carbonyl (C=O) groups is 6. The van der Waals surface area contributed by atoms with Gasteiger partial charge in [-0.2, -0.15) is 0 Å². The summed E-state index contributed by atoms with van der Waals surface area (Å²) in [5.74, 6) is -3.80. The van der Waals surface area contributed by atoms with Crippen LogP contribution in [0.1, 0.15) is 158 Å². The van der Waals surface area contributed by atoms with Crippen molar-refractivity contribution in [3.63, 3.8) is 0 Å². The van der Waals surface area contributed by atoms with E-state index in [-0.39, 0.29) is 76.8 Å². The second-order valence-corrected chi connectivity index (χ2v) is 35.9. The molecule has 13 aromatic carbocycles. The summed E-state index contributed by atoms with van der Waals surface area (Å²) >= 11 is 0. The highest BCUT2D eigenvalue weighted by molar-refractivity contribution is 6.06. The summed E-state index contributed by atoms with van der Waals surface area (Å²) in [7, 11) is 0. The number of hydrogen-bond donors (Lipinski definition) is 2. The van der Waals surface area contributed by atoms with Crippen molar-refractivity contribution in [2.45, 2.75) is 187 Å². The molecule has 0 heterocycles. The van der Waals surface area contributed by atoms with Crippen LogP contribution in [0.25, 0.3) is 86.2 Å². The summed E-state index contributed by atoms with van der Waals surface area (Å²) in [5, 5.41) is 41.8. The largest absolute Gasteiger partial charge is 0.462 e. The molecule has 0 saturated heterocycles. The van der Waals surface area contributed by atoms with Gasteiger partial charge < -0.3 is 38.6 Å². The number of benzene rings is 13. The van der Waals surface area contributed by atoms with Crippen molar-refractivity contribution in [3.8, 4) is 11.5 Å². The van der Waals surface area contributed by atoms with Crippen molar-refractivity contribution in [2.75, 3.05) is 0 Å². The van der Waals surface area contributed by atoms with Crippen molar-refractivity contribution < 1.29 is 67.4 Å². The fourth-order valence-corrected chi connectivity index (χ4v) is 22.0. The zero-order valence-electron chi connectivity index (χ0n) is 68.7. The lowest BCUT2D eigenvalue weighted by atomic mass is 9.43. The third-order valence-corrected chi connectivity index (χ3v) is 27.5. The van der Waals surface area contributed by atoms with Gasteiger partial charge in [0.1, 0.15) is 35.4 Å². The molecule has 2 N–H and O–H groups in total. The third kappa shape index (κ3) is 16.6. The fraction of sp³-hybridized carbons (Fsp3) is 0.352. The molecule has 4 fully saturated rings. The van der Waals surface area contributed by atoms with Crippen molar-refractivity contribution in [1.29, 1.82) is 0 Å². The van der Waals surface area contributed by atoms with Gasteiger partial charge in [-0.25, -0.2) is 4.79 Å². The number of carbonyl (C=O) groups excluding carboxylic acids is 6. The summed E-state index contributed by atoms with van der Waals surface area (Å²) in [5.41, 5.74) is 2.77. The number of fused-ring (bicyclic) bond motifs is 13. The predicted octanol–water partition coefficient (Wildman–Crippen LogP) is 22.0. The SMILES string of the molecule is C[C@H](CCC(=O)OC(C)(C)C)[C@H]1CC[C@H]2[C@@H]3[C@H](O)C[C@@H]4C[C@H](OC(=O)c5cc(OC(=O)CCC(=O)OC(Cc6c7ccccc7cc7ccccc67)Cc6c7ccccc7cc7ccccc67)cc(OC(=O)CCC(=O)OC(Cc6c7ccccc7cc7ccccc67)Cc6c7ccccc7cc7ccccc67)c5)CC[C@]4(C)[C@H]3C[C@H](O)[C@]12C. The molecule has 4 aliphatic rings. The van der Waals surface area contributed by atoms with Crippen LogP contribution in [-0.4, -0.2) is 82.1 Å². The van der Waals surface area contributed by atoms with Gasteiger partial charge in [-0.1, -0.05) is 215 Å². The first kappa shape index (κ1) is 80.1. The lowest BCUT2D eigenvalue weighted by Crippen LogP contribution is -2.62. The maximum atomic E-state index is 15.0. The smallest absolute Gasteiger partial charge is 0.338 e. The second kappa shape index (κ2) is 33.5. The molecular formula is C105H104O14. The van der Waals surface area contributed by atoms with Crippen molar-refractivity contribution in [1.82, 2.24) is 0 Å². The van der Waals surface area contributed by atoms with Gasteiger partial charge in [0.15, 0.2) is 0 Å². The van der Waals surface area contributed by atoms with Gasteiger partial charge in [0.2, 0.25) is 0 Å². The van der Waals surface area contributed by atoms with Gasteiger partial charge in [0.25, 0.3) is 0 Å². The highest BCUT2D eigenvalue weighted by atomic mass is 16.6. The number of esters is 6. The van der Waals surface area contributed by atoms with Crippen molar-refractivity contribution >= 4 is 122 Å². The Labute approximate surface area is 694 Å². The van der Waals surface area contributed by atoms with Crippen molar-refractivity contribution in [3.05, 3.63) is 264 Å². The van der Waals surface area contributed by atoms with E-state index in [9.17, 15) is 39.0 Å². The molecule has 608 valence electrons. The molecule has 0 aliphatic heterocycles. The quantitative estimate of drug-likeness (QED) is 0.0251. The Kier molecular flexibility index (Phi) is 22.5. The highest BCUT2D eigenvalue weighted by Crippen LogP contribution is 2.69. The molecule has 13 aromatic rings. The van der Waals surface area contributed by atoms with E-state index in [4.69, 9.17) is 28.4 Å². The average Bonchev–Trinajstić information content (AvgIpc) is 1.63. The second-order valence-electron chi connectivity index (χ2n) is 35.9. The maximum Gasteiger partial charge on any atom is 0.338 e. The van der Waals surface area contributed by atoms with Crippen LogP contribution in [0.4, 0.5) is 0 Å². The standard InChI is InChI=1S/C105H104O14/c1-63(39-42-100(112)119-103(2,3)4)91-40-41-92-101-93(62-95(107)105(91,92)6)104(5)48-47-74(55-73(104)56-94(101)106)118-102(113)72-53-75(114-96(108)43-45-98(110)116-77(58-87-79-31-15-7-23-64(79)49-65-24-8-16-32-80(65)87)59-88-81-33-17-9-25-66(81)50-67-26-10-18-34-82(67)88)57-76(54-72)115-97(109)44-46-99(111)117-78(60-89-83-35-19-11-27-68(83)51-69-28-12-20-36-84(69)89)61-90-85-37-21-13-29-70(85)52-71-30-14-22-38-86(71)90/h7-38,49-54,57,63,73-74,77-78,91-95,101,106-107H,39-48,55-56,58-62H2,1-6H3/t63-,73+,74-,91-,92+,93+,94-,95+,101+,104+,105-/m1/s1. The number of hydrogen-bond acceptors (Lipinski definition) is 14. The zero-order chi connectivity index (χ0) is 82.4. The molecule has 119 heavy (non-hydrogen) atoms. The minimum Gasteiger partial charge on any atom is -0.462 e. The average molecular weight is 1590 g/mol. The minimum absolute atomic E-state index is 0.0186. The molecule has 0 unspecified atom stereocenters. The van der Waals surface area contributed by atoms with E-state index >= 15 is 0 Å². The zero-order valence-corrected chi connectivity index (χ0v) is 68.7. The van der Waals surface area contributed by atoms with E-state index in [2.05, 4.69) is 142 Å². The number of aliphatic hydroxyl groups excluding tert-OH is 2. The lowest BCUT2D eigenvalue weighted by molar-refractivity contribution is -0.207. The van der Waals surface area contributed by atoms with Gasteiger partial charge in [-0.3, -0.25) is 24.0 Å². The fourth-order valence-electron chi connectivity index (χ4n) is 22.0.